The molecule has 1 aromatic heterocycles. The molecule has 0 fully saturated rings. The van der Waals surface area contributed by atoms with Crippen molar-refractivity contribution in [2.75, 3.05) is 13.7 Å². The van der Waals surface area contributed by atoms with Crippen LogP contribution >= 0.6 is 23.2 Å². The average molecular weight is 551 g/mol. The summed E-state index contributed by atoms with van der Waals surface area (Å²) in [6, 6.07) is 20.3. The average Bonchev–Trinajstić information content (AvgIpc) is 3.24. The maximum atomic E-state index is 12.4. The number of rotatable bonds is 9. The molecule has 3 N–H and O–H groups in total. The highest BCUT2D eigenvalue weighted by Gasteiger charge is 2.23. The number of carbonyl (C=O) groups is 2. The van der Waals surface area contributed by atoms with E-state index in [2.05, 4.69) is 5.32 Å². The predicted molar refractivity (Wildman–Crippen MR) is 151 cm³/mol. The van der Waals surface area contributed by atoms with Crippen molar-refractivity contribution < 1.29 is 14.3 Å². The molecule has 3 aromatic carbocycles. The Morgan fingerprint density at radius 2 is 1.71 bits per heavy atom. The first-order chi connectivity index (χ1) is 18.2. The van der Waals surface area contributed by atoms with Crippen molar-refractivity contribution in [2.24, 2.45) is 5.73 Å². The van der Waals surface area contributed by atoms with Crippen LogP contribution < -0.4 is 15.8 Å². The minimum absolute atomic E-state index is 0.0900. The minimum Gasteiger partial charge on any atom is -0.497 e. The Hall–Kier alpha value is -3.81. The van der Waals surface area contributed by atoms with Crippen molar-refractivity contribution in [2.45, 2.75) is 26.3 Å². The Labute approximate surface area is 231 Å². The third-order valence-corrected chi connectivity index (χ3v) is 6.74. The van der Waals surface area contributed by atoms with Gasteiger partial charge in [-0.2, -0.15) is 5.10 Å². The highest BCUT2D eigenvalue weighted by molar-refractivity contribution is 6.35. The van der Waals surface area contributed by atoms with Gasteiger partial charge in [-0.3, -0.25) is 14.3 Å². The number of carbonyl (C=O) groups excluding carboxylic acids is 2. The second-order valence-electron chi connectivity index (χ2n) is 8.93. The van der Waals surface area contributed by atoms with E-state index in [9.17, 15) is 9.59 Å². The zero-order chi connectivity index (χ0) is 27.4. The van der Waals surface area contributed by atoms with Gasteiger partial charge in [0, 0.05) is 45.3 Å². The van der Waals surface area contributed by atoms with Crippen LogP contribution in [0.2, 0.25) is 10.0 Å². The summed E-state index contributed by atoms with van der Waals surface area (Å²) >= 11 is 12.6. The van der Waals surface area contributed by atoms with Gasteiger partial charge in [0.2, 0.25) is 5.91 Å². The minimum atomic E-state index is -0.463. The van der Waals surface area contributed by atoms with Crippen molar-refractivity contribution in [1.82, 2.24) is 15.1 Å². The van der Waals surface area contributed by atoms with E-state index in [1.165, 1.54) is 0 Å². The number of methoxy groups -OCH3 is 1. The first-order valence-corrected chi connectivity index (χ1v) is 12.8. The molecule has 38 heavy (non-hydrogen) atoms. The van der Waals surface area contributed by atoms with Crippen LogP contribution in [0.5, 0.6) is 5.75 Å². The SMILES string of the molecule is COc1cccc(-c2c(C)c(-c3cc(Cl)cc(Cl)c3)nn2C(C)c2ccc(C(=O)NCCC(N)=O)cc2)c1. The van der Waals surface area contributed by atoms with Crippen LogP contribution in [-0.4, -0.2) is 35.2 Å². The topological polar surface area (TPSA) is 99.2 Å². The van der Waals surface area contributed by atoms with Gasteiger partial charge in [-0.25, -0.2) is 0 Å². The Balaban J connectivity index is 1.74. The van der Waals surface area contributed by atoms with E-state index in [4.69, 9.17) is 38.8 Å². The molecule has 0 aliphatic carbocycles. The number of hydrogen-bond donors (Lipinski definition) is 2. The van der Waals surface area contributed by atoms with Crippen molar-refractivity contribution in [1.29, 1.82) is 0 Å². The molecule has 9 heteroatoms. The van der Waals surface area contributed by atoms with Crippen LogP contribution in [-0.2, 0) is 4.79 Å². The first-order valence-electron chi connectivity index (χ1n) is 12.0. The molecule has 7 nitrogen and oxygen atoms in total. The highest BCUT2D eigenvalue weighted by atomic mass is 35.5. The molecule has 2 amide bonds. The number of halogens is 2. The molecule has 4 aromatic rings. The second kappa shape index (κ2) is 11.7. The summed E-state index contributed by atoms with van der Waals surface area (Å²) in [5.41, 5.74) is 11.0. The van der Waals surface area contributed by atoms with Gasteiger partial charge in [0.25, 0.3) is 5.91 Å². The summed E-state index contributed by atoms with van der Waals surface area (Å²) < 4.78 is 7.44. The fourth-order valence-electron chi connectivity index (χ4n) is 4.34. The lowest BCUT2D eigenvalue weighted by molar-refractivity contribution is -0.117. The fraction of sp³-hybridized carbons (Fsp3) is 0.207. The number of amides is 2. The van der Waals surface area contributed by atoms with Crippen LogP contribution in [0.25, 0.3) is 22.5 Å². The van der Waals surface area contributed by atoms with Gasteiger partial charge in [0.05, 0.1) is 24.5 Å². The van der Waals surface area contributed by atoms with Gasteiger partial charge < -0.3 is 15.8 Å². The molecular weight excluding hydrogens is 523 g/mol. The summed E-state index contributed by atoms with van der Waals surface area (Å²) in [4.78, 5) is 23.4. The molecule has 4 rings (SSSR count). The predicted octanol–water partition coefficient (Wildman–Crippen LogP) is 6.06. The maximum absolute atomic E-state index is 12.4. The molecule has 1 unspecified atom stereocenters. The van der Waals surface area contributed by atoms with Crippen molar-refractivity contribution >= 4 is 35.0 Å². The lowest BCUT2D eigenvalue weighted by Gasteiger charge is -2.18. The van der Waals surface area contributed by atoms with Crippen LogP contribution in [0.4, 0.5) is 0 Å². The second-order valence-corrected chi connectivity index (χ2v) is 9.80. The molecular formula is C29H28Cl2N4O3. The molecule has 196 valence electrons. The van der Waals surface area contributed by atoms with E-state index >= 15 is 0 Å². The molecule has 1 heterocycles. The number of aromatic nitrogens is 2. The maximum Gasteiger partial charge on any atom is 0.251 e. The van der Waals surface area contributed by atoms with Crippen LogP contribution in [0, 0.1) is 6.92 Å². The third-order valence-electron chi connectivity index (χ3n) is 6.31. The summed E-state index contributed by atoms with van der Waals surface area (Å²) in [5.74, 6) is 0.00850. The lowest BCUT2D eigenvalue weighted by atomic mass is 10.0. The largest absolute Gasteiger partial charge is 0.497 e. The molecule has 0 saturated heterocycles. The van der Waals surface area contributed by atoms with E-state index in [1.54, 1.807) is 25.3 Å². The summed E-state index contributed by atoms with van der Waals surface area (Å²) in [5, 5.41) is 8.78. The Kier molecular flexibility index (Phi) is 8.39. The summed E-state index contributed by atoms with van der Waals surface area (Å²) in [7, 11) is 1.64. The molecule has 0 aliphatic rings. The van der Waals surface area contributed by atoms with E-state index < -0.39 is 5.91 Å². The van der Waals surface area contributed by atoms with E-state index in [1.807, 2.05) is 67.1 Å². The number of nitrogens with one attached hydrogen (secondary N) is 1. The monoisotopic (exact) mass is 550 g/mol. The number of hydrogen-bond acceptors (Lipinski definition) is 4. The first kappa shape index (κ1) is 27.2. The quantitative estimate of drug-likeness (QED) is 0.264. The molecule has 0 bridgehead atoms. The van der Waals surface area contributed by atoms with E-state index in [0.29, 0.717) is 15.6 Å². The van der Waals surface area contributed by atoms with Gasteiger partial charge >= 0.3 is 0 Å². The number of primary amides is 1. The number of nitrogens with zero attached hydrogens (tertiary/aromatic N) is 2. The molecule has 1 atom stereocenters. The van der Waals surface area contributed by atoms with Crippen molar-refractivity contribution in [3.8, 4) is 28.3 Å². The molecule has 0 radical (unpaired) electrons. The zero-order valence-corrected chi connectivity index (χ0v) is 22.8. The summed E-state index contributed by atoms with van der Waals surface area (Å²) in [6.07, 6.45) is 0.0900. The third kappa shape index (κ3) is 6.01. The van der Waals surface area contributed by atoms with Crippen LogP contribution in [0.3, 0.4) is 0 Å². The molecule has 0 spiro atoms. The Morgan fingerprint density at radius 3 is 2.34 bits per heavy atom. The van der Waals surface area contributed by atoms with E-state index in [-0.39, 0.29) is 24.9 Å². The van der Waals surface area contributed by atoms with Gasteiger partial charge in [-0.15, -0.1) is 0 Å². The van der Waals surface area contributed by atoms with Crippen molar-refractivity contribution in [3.63, 3.8) is 0 Å². The normalized spacial score (nSPS) is 11.7. The number of ether oxygens (including phenoxy) is 1. The Bertz CT molecular complexity index is 1460. The van der Waals surface area contributed by atoms with Crippen LogP contribution in [0.1, 0.15) is 40.9 Å². The van der Waals surface area contributed by atoms with Crippen LogP contribution in [0.15, 0.2) is 66.7 Å². The van der Waals surface area contributed by atoms with Gasteiger partial charge in [0.1, 0.15) is 5.75 Å². The van der Waals surface area contributed by atoms with Gasteiger partial charge in [-0.05, 0) is 61.9 Å². The smallest absolute Gasteiger partial charge is 0.251 e. The van der Waals surface area contributed by atoms with E-state index in [0.717, 1.165) is 39.4 Å². The summed E-state index contributed by atoms with van der Waals surface area (Å²) in [6.45, 7) is 4.26. The Morgan fingerprint density at radius 1 is 1.03 bits per heavy atom. The lowest BCUT2D eigenvalue weighted by Crippen LogP contribution is -2.27. The fourth-order valence-corrected chi connectivity index (χ4v) is 4.86. The standard InChI is InChI=1S/C29H28Cl2N4O3/c1-17-27(22-13-23(30)16-24(31)14-22)34-35(28(17)21-5-4-6-25(15-21)38-3)18(2)19-7-9-20(10-8-19)29(37)33-12-11-26(32)36/h4-10,13-16,18H,11-12H2,1-3H3,(H2,32,36)(H,33,37). The van der Waals surface area contributed by atoms with Crippen molar-refractivity contribution in [3.05, 3.63) is 93.5 Å². The highest BCUT2D eigenvalue weighted by Crippen LogP contribution is 2.37. The molecule has 0 saturated carbocycles. The number of nitrogens with two attached hydrogens (primary N) is 1. The van der Waals surface area contributed by atoms with Gasteiger partial charge in [-0.1, -0.05) is 47.5 Å². The molecule has 0 aliphatic heterocycles. The number of benzene rings is 3. The van der Waals surface area contributed by atoms with Gasteiger partial charge in [0.15, 0.2) is 0 Å². The zero-order valence-electron chi connectivity index (χ0n) is 21.3.